The summed E-state index contributed by atoms with van der Waals surface area (Å²) in [5.41, 5.74) is 0. The zero-order chi connectivity index (χ0) is 14.1. The van der Waals surface area contributed by atoms with Crippen LogP contribution in [0.25, 0.3) is 10.1 Å². The van der Waals surface area contributed by atoms with Crippen LogP contribution in [0.4, 0.5) is 5.82 Å². The Labute approximate surface area is 130 Å². The van der Waals surface area contributed by atoms with E-state index in [1.165, 1.54) is 61.1 Å². The normalized spacial score (nSPS) is 22.0. The minimum Gasteiger partial charge on any atom is -0.353 e. The van der Waals surface area contributed by atoms with Gasteiger partial charge in [0.2, 0.25) is 0 Å². The highest BCUT2D eigenvalue weighted by Crippen LogP contribution is 2.31. The maximum atomic E-state index is 4.71. The fourth-order valence-electron chi connectivity index (χ4n) is 3.85. The molecule has 4 rings (SSSR count). The monoisotopic (exact) mass is 301 g/mol. The van der Waals surface area contributed by atoms with Crippen molar-refractivity contribution >= 4 is 27.4 Å². The quantitative estimate of drug-likeness (QED) is 0.842. The van der Waals surface area contributed by atoms with Gasteiger partial charge in [0, 0.05) is 37.6 Å². The third-order valence-electron chi connectivity index (χ3n) is 5.06. The SMILES string of the molecule is c1ccc2c(N3CCN(C4CCCCC4)CC3)nsc2c1. The molecule has 0 bridgehead atoms. The molecule has 1 aliphatic heterocycles. The Bertz CT molecular complexity index is 595. The zero-order valence-electron chi connectivity index (χ0n) is 12.5. The lowest BCUT2D eigenvalue weighted by Crippen LogP contribution is -2.51. The van der Waals surface area contributed by atoms with Crippen molar-refractivity contribution in [1.29, 1.82) is 0 Å². The van der Waals surface area contributed by atoms with Crippen LogP contribution in [0, 0.1) is 0 Å². The Kier molecular flexibility index (Phi) is 3.82. The van der Waals surface area contributed by atoms with Crippen LogP contribution in [0.15, 0.2) is 24.3 Å². The summed E-state index contributed by atoms with van der Waals surface area (Å²) in [6.07, 6.45) is 7.14. The van der Waals surface area contributed by atoms with Crippen molar-refractivity contribution in [2.45, 2.75) is 38.1 Å². The molecule has 0 atom stereocenters. The molecule has 0 spiro atoms. The molecule has 2 aliphatic rings. The Balaban J connectivity index is 1.45. The van der Waals surface area contributed by atoms with Crippen molar-refractivity contribution in [2.75, 3.05) is 31.1 Å². The Hall–Kier alpha value is -1.13. The predicted octanol–water partition coefficient (Wildman–Crippen LogP) is 3.75. The van der Waals surface area contributed by atoms with Crippen LogP contribution in [0.3, 0.4) is 0 Å². The molecule has 0 amide bonds. The number of aromatic nitrogens is 1. The van der Waals surface area contributed by atoms with Gasteiger partial charge in [0.1, 0.15) is 5.82 Å². The number of hydrogen-bond donors (Lipinski definition) is 0. The molecule has 3 nitrogen and oxygen atoms in total. The number of anilines is 1. The third kappa shape index (κ3) is 2.67. The number of rotatable bonds is 2. The van der Waals surface area contributed by atoms with E-state index in [1.807, 2.05) is 0 Å². The first-order chi connectivity index (χ1) is 10.4. The minimum absolute atomic E-state index is 0.855. The molecular weight excluding hydrogens is 278 g/mol. The average Bonchev–Trinajstić information content (AvgIpc) is 3.00. The molecule has 1 aliphatic carbocycles. The first-order valence-electron chi connectivity index (χ1n) is 8.25. The number of hydrogen-bond acceptors (Lipinski definition) is 4. The zero-order valence-corrected chi connectivity index (χ0v) is 13.3. The standard InChI is InChI=1S/C17H23N3S/c1-2-6-14(7-3-1)19-10-12-20(13-11-19)17-15-8-4-5-9-16(15)21-18-17/h4-5,8-9,14H,1-3,6-7,10-13H2. The number of fused-ring (bicyclic) bond motifs is 1. The highest BCUT2D eigenvalue weighted by atomic mass is 32.1. The van der Waals surface area contributed by atoms with E-state index in [0.717, 1.165) is 19.1 Å². The molecule has 4 heteroatoms. The highest BCUT2D eigenvalue weighted by Gasteiger charge is 2.26. The first kappa shape index (κ1) is 13.5. The fraction of sp³-hybridized carbons (Fsp3) is 0.588. The molecule has 1 saturated carbocycles. The van der Waals surface area contributed by atoms with E-state index in [9.17, 15) is 0 Å². The van der Waals surface area contributed by atoms with Gasteiger partial charge in [0.05, 0.1) is 4.70 Å². The summed E-state index contributed by atoms with van der Waals surface area (Å²) < 4.78 is 6.01. The van der Waals surface area contributed by atoms with Gasteiger partial charge in [-0.2, -0.15) is 4.37 Å². The number of piperazine rings is 1. The lowest BCUT2D eigenvalue weighted by Gasteiger charge is -2.41. The van der Waals surface area contributed by atoms with Crippen molar-refractivity contribution in [1.82, 2.24) is 9.27 Å². The van der Waals surface area contributed by atoms with E-state index in [1.54, 1.807) is 11.5 Å². The lowest BCUT2D eigenvalue weighted by molar-refractivity contribution is 0.148. The van der Waals surface area contributed by atoms with Crippen LogP contribution in [0.1, 0.15) is 32.1 Å². The van der Waals surface area contributed by atoms with Crippen LogP contribution in [-0.4, -0.2) is 41.5 Å². The molecule has 1 aromatic carbocycles. The van der Waals surface area contributed by atoms with Crippen LogP contribution < -0.4 is 4.90 Å². The topological polar surface area (TPSA) is 19.4 Å². The summed E-state index contributed by atoms with van der Waals surface area (Å²) in [6, 6.07) is 9.47. The molecule has 2 aromatic rings. The second-order valence-electron chi connectivity index (χ2n) is 6.32. The van der Waals surface area contributed by atoms with Crippen LogP contribution in [-0.2, 0) is 0 Å². The van der Waals surface area contributed by atoms with Crippen LogP contribution in [0.5, 0.6) is 0 Å². The summed E-state index contributed by atoms with van der Waals surface area (Å²) in [5.74, 6) is 1.21. The first-order valence-corrected chi connectivity index (χ1v) is 9.02. The van der Waals surface area contributed by atoms with Gasteiger partial charge in [-0.15, -0.1) is 0 Å². The van der Waals surface area contributed by atoms with Crippen molar-refractivity contribution in [2.24, 2.45) is 0 Å². The van der Waals surface area contributed by atoms with Gasteiger partial charge in [-0.3, -0.25) is 4.90 Å². The second-order valence-corrected chi connectivity index (χ2v) is 7.12. The number of nitrogens with zero attached hydrogens (tertiary/aromatic N) is 3. The van der Waals surface area contributed by atoms with E-state index in [2.05, 4.69) is 34.1 Å². The van der Waals surface area contributed by atoms with Crippen molar-refractivity contribution in [3.63, 3.8) is 0 Å². The molecule has 0 radical (unpaired) electrons. The van der Waals surface area contributed by atoms with Gasteiger partial charge >= 0.3 is 0 Å². The maximum Gasteiger partial charge on any atom is 0.150 e. The summed E-state index contributed by atoms with van der Waals surface area (Å²) in [7, 11) is 0. The molecule has 0 unspecified atom stereocenters. The van der Waals surface area contributed by atoms with Crippen LogP contribution in [0.2, 0.25) is 0 Å². The van der Waals surface area contributed by atoms with Gasteiger partial charge in [0.25, 0.3) is 0 Å². The summed E-state index contributed by atoms with van der Waals surface area (Å²) >= 11 is 1.63. The molecular formula is C17H23N3S. The molecule has 2 fully saturated rings. The van der Waals surface area contributed by atoms with E-state index in [0.29, 0.717) is 0 Å². The molecule has 0 N–H and O–H groups in total. The highest BCUT2D eigenvalue weighted by molar-refractivity contribution is 7.13. The summed E-state index contributed by atoms with van der Waals surface area (Å²) in [5, 5.41) is 1.33. The van der Waals surface area contributed by atoms with Crippen molar-refractivity contribution in [3.8, 4) is 0 Å². The van der Waals surface area contributed by atoms with E-state index >= 15 is 0 Å². The number of benzene rings is 1. The molecule has 1 aromatic heterocycles. The van der Waals surface area contributed by atoms with E-state index in [4.69, 9.17) is 4.37 Å². The Morgan fingerprint density at radius 1 is 0.952 bits per heavy atom. The van der Waals surface area contributed by atoms with Crippen molar-refractivity contribution < 1.29 is 0 Å². The minimum atomic E-state index is 0.855. The lowest BCUT2D eigenvalue weighted by atomic mass is 9.94. The van der Waals surface area contributed by atoms with Gasteiger partial charge in [-0.1, -0.05) is 31.4 Å². The van der Waals surface area contributed by atoms with Crippen molar-refractivity contribution in [3.05, 3.63) is 24.3 Å². The van der Waals surface area contributed by atoms with E-state index < -0.39 is 0 Å². The summed E-state index contributed by atoms with van der Waals surface area (Å²) in [4.78, 5) is 5.21. The third-order valence-corrected chi connectivity index (χ3v) is 5.88. The van der Waals surface area contributed by atoms with Gasteiger partial charge < -0.3 is 4.90 Å². The Morgan fingerprint density at radius 2 is 1.71 bits per heavy atom. The Morgan fingerprint density at radius 3 is 2.52 bits per heavy atom. The van der Waals surface area contributed by atoms with Gasteiger partial charge in [-0.25, -0.2) is 0 Å². The van der Waals surface area contributed by atoms with Gasteiger partial charge in [0.15, 0.2) is 0 Å². The van der Waals surface area contributed by atoms with Crippen LogP contribution >= 0.6 is 11.5 Å². The average molecular weight is 301 g/mol. The molecule has 2 heterocycles. The molecule has 21 heavy (non-hydrogen) atoms. The summed E-state index contributed by atoms with van der Waals surface area (Å²) in [6.45, 7) is 4.67. The second kappa shape index (κ2) is 5.93. The predicted molar refractivity (Wildman–Crippen MR) is 90.3 cm³/mol. The smallest absolute Gasteiger partial charge is 0.150 e. The fourth-order valence-corrected chi connectivity index (χ4v) is 4.64. The largest absolute Gasteiger partial charge is 0.353 e. The van der Waals surface area contributed by atoms with E-state index in [-0.39, 0.29) is 0 Å². The molecule has 112 valence electrons. The molecule has 1 saturated heterocycles. The van der Waals surface area contributed by atoms with Gasteiger partial charge in [-0.05, 0) is 36.5 Å². The maximum absolute atomic E-state index is 4.71.